The number of aliphatic hydroxyl groups excluding tert-OH is 1. The van der Waals surface area contributed by atoms with E-state index in [4.69, 9.17) is 16.7 Å². The van der Waals surface area contributed by atoms with Gasteiger partial charge in [0, 0.05) is 23.6 Å². The van der Waals surface area contributed by atoms with Gasteiger partial charge in [0.25, 0.3) is 0 Å². The van der Waals surface area contributed by atoms with Crippen molar-refractivity contribution in [2.45, 2.75) is 18.1 Å². The van der Waals surface area contributed by atoms with Crippen molar-refractivity contribution in [3.05, 3.63) is 52.6 Å². The second kappa shape index (κ2) is 6.32. The summed E-state index contributed by atoms with van der Waals surface area (Å²) in [5.41, 5.74) is 1.83. The predicted octanol–water partition coefficient (Wildman–Crippen LogP) is 2.01. The fourth-order valence-corrected chi connectivity index (χ4v) is 3.05. The molecule has 6 heteroatoms. The van der Waals surface area contributed by atoms with Gasteiger partial charge in [-0.3, -0.25) is 4.21 Å². The molecule has 2 aromatic rings. The van der Waals surface area contributed by atoms with Gasteiger partial charge < -0.3 is 9.67 Å². The molecule has 1 aromatic carbocycles. The zero-order valence-electron chi connectivity index (χ0n) is 10.5. The van der Waals surface area contributed by atoms with E-state index in [1.54, 1.807) is 17.8 Å². The molecule has 0 aliphatic heterocycles. The average Bonchev–Trinajstić information content (AvgIpc) is 2.71. The van der Waals surface area contributed by atoms with Crippen LogP contribution in [0.2, 0.25) is 5.15 Å². The van der Waals surface area contributed by atoms with Crippen molar-refractivity contribution in [1.82, 2.24) is 9.55 Å². The third kappa shape index (κ3) is 3.65. The lowest BCUT2D eigenvalue weighted by molar-refractivity contribution is 0.282. The van der Waals surface area contributed by atoms with Crippen LogP contribution in [0.5, 0.6) is 0 Å². The van der Waals surface area contributed by atoms with E-state index in [0.717, 1.165) is 17.0 Å². The zero-order chi connectivity index (χ0) is 13.8. The van der Waals surface area contributed by atoms with Crippen LogP contribution in [0.1, 0.15) is 17.0 Å². The Kier molecular flexibility index (Phi) is 4.74. The topological polar surface area (TPSA) is 55.1 Å². The Morgan fingerprint density at radius 2 is 1.89 bits per heavy atom. The molecule has 19 heavy (non-hydrogen) atoms. The second-order valence-electron chi connectivity index (χ2n) is 4.26. The summed E-state index contributed by atoms with van der Waals surface area (Å²) in [4.78, 5) is 4.13. The third-order valence-electron chi connectivity index (χ3n) is 2.85. The minimum absolute atomic E-state index is 0.0230. The van der Waals surface area contributed by atoms with Crippen LogP contribution in [0.4, 0.5) is 0 Å². The Morgan fingerprint density at radius 3 is 2.42 bits per heavy atom. The highest BCUT2D eigenvalue weighted by molar-refractivity contribution is 7.83. The maximum Gasteiger partial charge on any atom is 0.128 e. The molecule has 1 atom stereocenters. The van der Waals surface area contributed by atoms with Gasteiger partial charge in [-0.1, -0.05) is 35.9 Å². The van der Waals surface area contributed by atoms with Crippen molar-refractivity contribution >= 4 is 22.4 Å². The van der Waals surface area contributed by atoms with Gasteiger partial charge >= 0.3 is 0 Å². The van der Waals surface area contributed by atoms with Crippen LogP contribution >= 0.6 is 11.6 Å². The van der Waals surface area contributed by atoms with Crippen LogP contribution in [-0.2, 0) is 36.0 Å². The molecule has 0 spiro atoms. The Balaban J connectivity index is 1.99. The minimum atomic E-state index is -1.03. The molecule has 1 heterocycles. The summed E-state index contributed by atoms with van der Waals surface area (Å²) in [7, 11) is 0.772. The summed E-state index contributed by atoms with van der Waals surface area (Å²) < 4.78 is 13.8. The molecule has 0 aliphatic rings. The lowest BCUT2D eigenvalue weighted by atomic mass is 10.2. The SMILES string of the molecule is Cn1c(Cl)cnc1CS(=O)Cc1ccc(CO)cc1. The van der Waals surface area contributed by atoms with Gasteiger partial charge in [0.2, 0.25) is 0 Å². The van der Waals surface area contributed by atoms with Gasteiger partial charge in [-0.05, 0) is 11.1 Å². The first-order chi connectivity index (χ1) is 9.10. The predicted molar refractivity (Wildman–Crippen MR) is 76.1 cm³/mol. The van der Waals surface area contributed by atoms with E-state index in [-0.39, 0.29) is 6.61 Å². The quantitative estimate of drug-likeness (QED) is 0.919. The molecule has 102 valence electrons. The molecule has 4 nitrogen and oxygen atoms in total. The summed E-state index contributed by atoms with van der Waals surface area (Å²) in [6.07, 6.45) is 1.56. The first-order valence-electron chi connectivity index (χ1n) is 5.80. The van der Waals surface area contributed by atoms with E-state index < -0.39 is 10.8 Å². The van der Waals surface area contributed by atoms with Crippen molar-refractivity contribution in [2.24, 2.45) is 7.05 Å². The number of aliphatic hydroxyl groups is 1. The molecule has 1 N–H and O–H groups in total. The Morgan fingerprint density at radius 1 is 1.26 bits per heavy atom. The van der Waals surface area contributed by atoms with Gasteiger partial charge in [-0.2, -0.15) is 0 Å². The molecule has 0 aliphatic carbocycles. The highest BCUT2D eigenvalue weighted by Crippen LogP contribution is 2.13. The van der Waals surface area contributed by atoms with Crippen LogP contribution in [0.25, 0.3) is 0 Å². The number of nitrogens with zero attached hydrogens (tertiary/aromatic N) is 2. The van der Waals surface area contributed by atoms with Crippen molar-refractivity contribution in [1.29, 1.82) is 0 Å². The Labute approximate surface area is 119 Å². The maximum absolute atomic E-state index is 12.1. The van der Waals surface area contributed by atoms with E-state index in [9.17, 15) is 4.21 Å². The maximum atomic E-state index is 12.1. The number of benzene rings is 1. The number of hydrogen-bond donors (Lipinski definition) is 1. The molecule has 0 saturated heterocycles. The van der Waals surface area contributed by atoms with E-state index >= 15 is 0 Å². The molecule has 0 fully saturated rings. The van der Waals surface area contributed by atoms with Crippen LogP contribution in [0.15, 0.2) is 30.5 Å². The van der Waals surface area contributed by atoms with Crippen LogP contribution in [-0.4, -0.2) is 18.9 Å². The summed E-state index contributed by atoms with van der Waals surface area (Å²) in [6.45, 7) is 0.0230. The first kappa shape index (κ1) is 14.2. The fourth-order valence-electron chi connectivity index (χ4n) is 1.68. The molecule has 1 unspecified atom stereocenters. The summed E-state index contributed by atoms with van der Waals surface area (Å²) in [6, 6.07) is 7.44. The molecular weight excluding hydrogens is 284 g/mol. The van der Waals surface area contributed by atoms with Gasteiger partial charge in [-0.25, -0.2) is 4.98 Å². The monoisotopic (exact) mass is 298 g/mol. The molecular formula is C13H15ClN2O2S. The number of halogens is 1. The lowest BCUT2D eigenvalue weighted by Crippen LogP contribution is -2.05. The van der Waals surface area contributed by atoms with Gasteiger partial charge in [0.05, 0.1) is 18.6 Å². The molecule has 0 radical (unpaired) electrons. The molecule has 0 bridgehead atoms. The fraction of sp³-hybridized carbons (Fsp3) is 0.308. The third-order valence-corrected chi connectivity index (χ3v) is 4.44. The highest BCUT2D eigenvalue weighted by Gasteiger charge is 2.09. The highest BCUT2D eigenvalue weighted by atomic mass is 35.5. The Bertz CT molecular complexity index is 581. The van der Waals surface area contributed by atoms with Crippen molar-refractivity contribution in [2.75, 3.05) is 0 Å². The van der Waals surface area contributed by atoms with Crippen molar-refractivity contribution < 1.29 is 9.32 Å². The van der Waals surface area contributed by atoms with Crippen LogP contribution < -0.4 is 0 Å². The number of hydrogen-bond acceptors (Lipinski definition) is 3. The molecule has 0 saturated carbocycles. The van der Waals surface area contributed by atoms with Crippen molar-refractivity contribution in [3.63, 3.8) is 0 Å². The largest absolute Gasteiger partial charge is 0.392 e. The standard InChI is InChI=1S/C13H15ClN2O2S/c1-16-12(14)6-15-13(16)9-19(18)8-11-4-2-10(7-17)3-5-11/h2-6,17H,7-9H2,1H3. The molecule has 2 rings (SSSR count). The smallest absolute Gasteiger partial charge is 0.128 e. The summed E-state index contributed by atoms with van der Waals surface area (Å²) >= 11 is 5.88. The minimum Gasteiger partial charge on any atom is -0.392 e. The van der Waals surface area contributed by atoms with Gasteiger partial charge in [0.15, 0.2) is 0 Å². The van der Waals surface area contributed by atoms with Crippen LogP contribution in [0.3, 0.4) is 0 Å². The lowest BCUT2D eigenvalue weighted by Gasteiger charge is -2.04. The van der Waals surface area contributed by atoms with Crippen molar-refractivity contribution in [3.8, 4) is 0 Å². The zero-order valence-corrected chi connectivity index (χ0v) is 12.1. The van der Waals surface area contributed by atoms with E-state index in [1.807, 2.05) is 24.3 Å². The number of aromatic nitrogens is 2. The average molecular weight is 299 g/mol. The van der Waals surface area contributed by atoms with E-state index in [0.29, 0.717) is 16.7 Å². The van der Waals surface area contributed by atoms with E-state index in [1.165, 1.54) is 0 Å². The summed E-state index contributed by atoms with van der Waals surface area (Å²) in [5.74, 6) is 1.57. The van der Waals surface area contributed by atoms with Gasteiger partial charge in [-0.15, -0.1) is 0 Å². The second-order valence-corrected chi connectivity index (χ2v) is 6.10. The number of imidazole rings is 1. The summed E-state index contributed by atoms with van der Waals surface area (Å²) in [5, 5.41) is 9.50. The normalized spacial score (nSPS) is 12.6. The Hall–Kier alpha value is -1.17. The molecule has 1 aromatic heterocycles. The van der Waals surface area contributed by atoms with Gasteiger partial charge in [0.1, 0.15) is 11.0 Å². The molecule has 0 amide bonds. The first-order valence-corrected chi connectivity index (χ1v) is 7.66. The van der Waals surface area contributed by atoms with Crippen LogP contribution in [0, 0.1) is 0 Å². The van der Waals surface area contributed by atoms with E-state index in [2.05, 4.69) is 4.98 Å². The number of rotatable bonds is 5.